The van der Waals surface area contributed by atoms with E-state index in [1.165, 1.54) is 12.1 Å². The van der Waals surface area contributed by atoms with Crippen molar-refractivity contribution in [1.82, 2.24) is 0 Å². The van der Waals surface area contributed by atoms with Crippen molar-refractivity contribution in [3.63, 3.8) is 0 Å². The van der Waals surface area contributed by atoms with Crippen LogP contribution in [0.25, 0.3) is 0 Å². The van der Waals surface area contributed by atoms with Crippen molar-refractivity contribution < 1.29 is 18.0 Å². The van der Waals surface area contributed by atoms with E-state index < -0.39 is 17.6 Å². The van der Waals surface area contributed by atoms with E-state index in [0.29, 0.717) is 12.8 Å². The molecule has 0 heterocycles. The predicted octanol–water partition coefficient (Wildman–Crippen LogP) is 4.82. The Morgan fingerprint density at radius 2 is 1.78 bits per heavy atom. The van der Waals surface area contributed by atoms with Crippen LogP contribution in [0.2, 0.25) is 0 Å². The second kappa shape index (κ2) is 7.32. The topological polar surface area (TPSA) is 52.9 Å². The van der Waals surface area contributed by atoms with Gasteiger partial charge in [-0.1, -0.05) is 18.9 Å². The molecule has 3 nitrogen and oxygen atoms in total. The summed E-state index contributed by atoms with van der Waals surface area (Å²) >= 11 is 0. The molecule has 0 radical (unpaired) electrons. The van der Waals surface area contributed by atoms with Crippen molar-refractivity contribution in [2.75, 3.05) is 5.32 Å². The minimum Gasteiger partial charge on any atom is -0.321 e. The lowest BCUT2D eigenvalue weighted by molar-refractivity contribution is -0.137. The highest BCUT2D eigenvalue weighted by Crippen LogP contribution is 2.31. The fraction of sp³-hybridized carbons (Fsp3) is 0.412. The highest BCUT2D eigenvalue weighted by molar-refractivity contribution is 6.07. The zero-order chi connectivity index (χ0) is 16.9. The quantitative estimate of drug-likeness (QED) is 0.482. The summed E-state index contributed by atoms with van der Waals surface area (Å²) in [4.78, 5) is 12.2. The second-order valence-electron chi connectivity index (χ2n) is 5.54. The van der Waals surface area contributed by atoms with Crippen LogP contribution in [0.1, 0.15) is 44.1 Å². The Morgan fingerprint density at radius 1 is 1.13 bits per heavy atom. The highest BCUT2D eigenvalue weighted by atomic mass is 19.4. The number of hydrogen-bond acceptors (Lipinski definition) is 2. The van der Waals surface area contributed by atoms with Crippen LogP contribution in [0.5, 0.6) is 0 Å². The van der Waals surface area contributed by atoms with Crippen LogP contribution in [0.4, 0.5) is 18.9 Å². The molecule has 0 atom stereocenters. The van der Waals surface area contributed by atoms with Gasteiger partial charge in [-0.2, -0.15) is 18.4 Å². The summed E-state index contributed by atoms with van der Waals surface area (Å²) in [5.41, 5.74) is 0.0292. The largest absolute Gasteiger partial charge is 0.416 e. The van der Waals surface area contributed by atoms with E-state index in [9.17, 15) is 23.2 Å². The van der Waals surface area contributed by atoms with E-state index in [-0.39, 0.29) is 11.3 Å². The molecule has 0 spiro atoms. The fourth-order valence-corrected chi connectivity index (χ4v) is 2.66. The van der Waals surface area contributed by atoms with Crippen LogP contribution in [0.3, 0.4) is 0 Å². The summed E-state index contributed by atoms with van der Waals surface area (Å²) in [6, 6.07) is 6.31. The molecule has 0 saturated heterocycles. The Hall–Kier alpha value is -2.29. The summed E-state index contributed by atoms with van der Waals surface area (Å²) in [5, 5.41) is 11.7. The van der Waals surface area contributed by atoms with Crippen LogP contribution in [-0.4, -0.2) is 5.91 Å². The molecule has 122 valence electrons. The van der Waals surface area contributed by atoms with Crippen molar-refractivity contribution in [2.45, 2.75) is 44.7 Å². The highest BCUT2D eigenvalue weighted by Gasteiger charge is 2.30. The van der Waals surface area contributed by atoms with Gasteiger partial charge in [-0.3, -0.25) is 4.79 Å². The standard InChI is InChI=1S/C17H17F3N2O/c18-17(19,20)13-8-5-9-14(10-13)22-16(23)15(11-21)12-6-3-1-2-4-7-12/h5,8-10H,1-4,6-7H2,(H,22,23). The molecule has 0 aliphatic heterocycles. The summed E-state index contributed by atoms with van der Waals surface area (Å²) in [5.74, 6) is -0.635. The number of hydrogen-bond donors (Lipinski definition) is 1. The molecule has 1 N–H and O–H groups in total. The minimum atomic E-state index is -4.47. The molecule has 0 bridgehead atoms. The smallest absolute Gasteiger partial charge is 0.321 e. The molecule has 1 aromatic rings. The third kappa shape index (κ3) is 4.59. The van der Waals surface area contributed by atoms with Crippen molar-refractivity contribution in [3.8, 4) is 6.07 Å². The lowest BCUT2D eigenvalue weighted by Gasteiger charge is -2.11. The zero-order valence-electron chi connectivity index (χ0n) is 12.5. The maximum Gasteiger partial charge on any atom is 0.416 e. The first-order valence-electron chi connectivity index (χ1n) is 7.52. The van der Waals surface area contributed by atoms with Gasteiger partial charge < -0.3 is 5.32 Å². The number of halogens is 3. The van der Waals surface area contributed by atoms with E-state index in [1.54, 1.807) is 0 Å². The van der Waals surface area contributed by atoms with Gasteiger partial charge in [0.2, 0.25) is 0 Å². The molecule has 1 fully saturated rings. The van der Waals surface area contributed by atoms with Gasteiger partial charge in [-0.25, -0.2) is 0 Å². The van der Waals surface area contributed by atoms with Crippen LogP contribution >= 0.6 is 0 Å². The van der Waals surface area contributed by atoms with Crippen LogP contribution in [0.15, 0.2) is 35.4 Å². The third-order valence-corrected chi connectivity index (χ3v) is 3.85. The minimum absolute atomic E-state index is 0.0318. The maximum atomic E-state index is 12.7. The molecule has 0 aromatic heterocycles. The van der Waals surface area contributed by atoms with Crippen LogP contribution in [0, 0.1) is 11.3 Å². The number of amides is 1. The van der Waals surface area contributed by atoms with Crippen molar-refractivity contribution >= 4 is 11.6 Å². The van der Waals surface area contributed by atoms with Gasteiger partial charge >= 0.3 is 6.18 Å². The number of alkyl halides is 3. The summed E-state index contributed by atoms with van der Waals surface area (Å²) in [6.07, 6.45) is 0.903. The van der Waals surface area contributed by atoms with E-state index in [0.717, 1.165) is 43.4 Å². The molecule has 1 amide bonds. The van der Waals surface area contributed by atoms with Crippen molar-refractivity contribution in [3.05, 3.63) is 41.0 Å². The second-order valence-corrected chi connectivity index (χ2v) is 5.54. The first kappa shape index (κ1) is 17.1. The van der Waals surface area contributed by atoms with Gasteiger partial charge in [0, 0.05) is 5.69 Å². The molecule has 1 saturated carbocycles. The van der Waals surface area contributed by atoms with E-state index >= 15 is 0 Å². The molecular weight excluding hydrogens is 305 g/mol. The van der Waals surface area contributed by atoms with Gasteiger partial charge in [0.05, 0.1) is 5.56 Å². The Labute approximate surface area is 132 Å². The predicted molar refractivity (Wildman–Crippen MR) is 80.4 cm³/mol. The first-order chi connectivity index (χ1) is 10.9. The number of nitrogens with one attached hydrogen (secondary N) is 1. The first-order valence-corrected chi connectivity index (χ1v) is 7.52. The van der Waals surface area contributed by atoms with E-state index in [4.69, 9.17) is 0 Å². The molecule has 1 aromatic carbocycles. The monoisotopic (exact) mass is 322 g/mol. The zero-order valence-corrected chi connectivity index (χ0v) is 12.5. The Balaban J connectivity index is 2.20. The Kier molecular flexibility index (Phi) is 5.43. The molecule has 2 rings (SSSR count). The van der Waals surface area contributed by atoms with Crippen LogP contribution in [-0.2, 0) is 11.0 Å². The fourth-order valence-electron chi connectivity index (χ4n) is 2.66. The number of nitrogens with zero attached hydrogens (tertiary/aromatic N) is 1. The third-order valence-electron chi connectivity index (χ3n) is 3.85. The normalized spacial score (nSPS) is 15.5. The van der Waals surface area contributed by atoms with E-state index in [2.05, 4.69) is 5.32 Å². The summed E-state index contributed by atoms with van der Waals surface area (Å²) < 4.78 is 38.1. The molecule has 6 heteroatoms. The molecule has 1 aliphatic carbocycles. The SMILES string of the molecule is N#CC(C(=O)Nc1cccc(C(F)(F)F)c1)=C1CCCCCC1. The molecule has 1 aliphatic rings. The molecule has 0 unspecified atom stereocenters. The lowest BCUT2D eigenvalue weighted by Crippen LogP contribution is -2.16. The average molecular weight is 322 g/mol. The van der Waals surface area contributed by atoms with E-state index in [1.807, 2.05) is 6.07 Å². The van der Waals surface area contributed by atoms with Crippen molar-refractivity contribution in [2.24, 2.45) is 0 Å². The van der Waals surface area contributed by atoms with Gasteiger partial charge in [0.1, 0.15) is 11.6 Å². The van der Waals surface area contributed by atoms with Gasteiger partial charge in [0.25, 0.3) is 5.91 Å². The maximum absolute atomic E-state index is 12.7. The summed E-state index contributed by atoms with van der Waals surface area (Å²) in [6.45, 7) is 0. The number of anilines is 1. The Bertz CT molecular complexity index is 647. The number of carbonyl (C=O) groups excluding carboxylic acids is 1. The van der Waals surface area contributed by atoms with Gasteiger partial charge in [-0.15, -0.1) is 0 Å². The summed E-state index contributed by atoms with van der Waals surface area (Å²) in [7, 11) is 0. The average Bonchev–Trinajstić information content (AvgIpc) is 2.77. The van der Waals surface area contributed by atoms with Gasteiger partial charge in [0.15, 0.2) is 0 Å². The number of nitriles is 1. The lowest BCUT2D eigenvalue weighted by atomic mass is 10.0. The van der Waals surface area contributed by atoms with Gasteiger partial charge in [-0.05, 0) is 49.5 Å². The number of rotatable bonds is 2. The van der Waals surface area contributed by atoms with Crippen LogP contribution < -0.4 is 5.32 Å². The van der Waals surface area contributed by atoms with Crippen molar-refractivity contribution in [1.29, 1.82) is 5.26 Å². The molecular formula is C17H17F3N2O. The Morgan fingerprint density at radius 3 is 2.35 bits per heavy atom. The molecule has 23 heavy (non-hydrogen) atoms. The number of benzene rings is 1. The number of allylic oxidation sites excluding steroid dienone is 1. The number of carbonyl (C=O) groups is 1.